The summed E-state index contributed by atoms with van der Waals surface area (Å²) in [5, 5.41) is 15.6. The number of piperidine rings is 1. The van der Waals surface area contributed by atoms with Gasteiger partial charge in [-0.25, -0.2) is 9.97 Å². The molecule has 1 fully saturated rings. The molecule has 4 rings (SSSR count). The van der Waals surface area contributed by atoms with Crippen molar-refractivity contribution in [2.45, 2.75) is 25.8 Å². The number of nitrogens with zero attached hydrogens (tertiary/aromatic N) is 4. The molecule has 1 saturated heterocycles. The van der Waals surface area contributed by atoms with E-state index in [9.17, 15) is 9.59 Å². The van der Waals surface area contributed by atoms with Crippen molar-refractivity contribution < 1.29 is 9.59 Å². The Morgan fingerprint density at radius 3 is 2.69 bits per heavy atom. The lowest BCUT2D eigenvalue weighted by atomic mass is 10.0. The van der Waals surface area contributed by atoms with Crippen molar-refractivity contribution in [1.82, 2.24) is 19.2 Å². The maximum atomic E-state index is 12.5. The monoisotopic (exact) mass is 490 g/mol. The number of carbonyl (C=O) groups excluding carboxylic acids is 2. The molecule has 0 radical (unpaired) electrons. The Labute approximate surface area is 207 Å². The maximum Gasteiger partial charge on any atom is 0.256 e. The van der Waals surface area contributed by atoms with Crippen LogP contribution in [0.2, 0.25) is 0 Å². The summed E-state index contributed by atoms with van der Waals surface area (Å²) in [5.41, 5.74) is 8.51. The molecule has 5 N–H and O–H groups in total. The fraction of sp³-hybridized carbons (Fsp3) is 0.250. The average molecular weight is 491 g/mol. The third kappa shape index (κ3) is 5.52. The van der Waals surface area contributed by atoms with E-state index < -0.39 is 0 Å². The van der Waals surface area contributed by atoms with E-state index in [4.69, 9.17) is 11.1 Å². The van der Waals surface area contributed by atoms with E-state index in [1.54, 1.807) is 35.2 Å². The molecule has 1 unspecified atom stereocenters. The highest BCUT2D eigenvalue weighted by Crippen LogP contribution is 2.25. The third-order valence-corrected chi connectivity index (χ3v) is 6.47. The van der Waals surface area contributed by atoms with E-state index >= 15 is 0 Å². The maximum absolute atomic E-state index is 12.5. The Balaban J connectivity index is 1.51. The summed E-state index contributed by atoms with van der Waals surface area (Å²) >= 11 is 1.22. The van der Waals surface area contributed by atoms with Crippen LogP contribution < -0.4 is 16.4 Å². The molecule has 11 heteroatoms. The van der Waals surface area contributed by atoms with Gasteiger partial charge < -0.3 is 21.3 Å². The Hall–Kier alpha value is -4.12. The van der Waals surface area contributed by atoms with Gasteiger partial charge in [0.2, 0.25) is 5.91 Å². The Kier molecular flexibility index (Phi) is 7.16. The van der Waals surface area contributed by atoms with Crippen molar-refractivity contribution in [3.63, 3.8) is 0 Å². The summed E-state index contributed by atoms with van der Waals surface area (Å²) < 4.78 is 4.16. The van der Waals surface area contributed by atoms with Crippen molar-refractivity contribution in [3.8, 4) is 0 Å². The quantitative estimate of drug-likeness (QED) is 0.294. The first kappa shape index (κ1) is 24.0. The number of carbonyl (C=O) groups is 2. The molecule has 35 heavy (non-hydrogen) atoms. The number of hydrogen-bond donors (Lipinski definition) is 4. The van der Waals surface area contributed by atoms with Crippen molar-refractivity contribution >= 4 is 45.7 Å². The first-order chi connectivity index (χ1) is 16.9. The fourth-order valence-electron chi connectivity index (χ4n) is 3.91. The second kappa shape index (κ2) is 10.4. The Morgan fingerprint density at radius 1 is 1.26 bits per heavy atom. The minimum Gasteiger partial charge on any atom is -0.383 e. The number of aromatic nitrogens is 3. The van der Waals surface area contributed by atoms with Gasteiger partial charge >= 0.3 is 0 Å². The van der Waals surface area contributed by atoms with Crippen LogP contribution in [0.15, 0.2) is 49.3 Å². The van der Waals surface area contributed by atoms with Gasteiger partial charge in [-0.3, -0.25) is 15.0 Å². The van der Waals surface area contributed by atoms with E-state index in [1.165, 1.54) is 23.9 Å². The highest BCUT2D eigenvalue weighted by molar-refractivity contribution is 7.10. The van der Waals surface area contributed by atoms with Crippen LogP contribution >= 0.6 is 11.5 Å². The Morgan fingerprint density at radius 2 is 2.00 bits per heavy atom. The summed E-state index contributed by atoms with van der Waals surface area (Å²) in [4.78, 5) is 34.7. The molecule has 0 aliphatic carbocycles. The van der Waals surface area contributed by atoms with Crippen LogP contribution in [0.1, 0.15) is 40.0 Å². The van der Waals surface area contributed by atoms with E-state index in [0.717, 1.165) is 18.5 Å². The molecule has 0 spiro atoms. The minimum absolute atomic E-state index is 0.0463. The van der Waals surface area contributed by atoms with Crippen molar-refractivity contribution in [1.29, 1.82) is 5.41 Å². The number of nitrogens with two attached hydrogens (primary N) is 1. The molecule has 180 valence electrons. The van der Waals surface area contributed by atoms with Gasteiger partial charge in [-0.1, -0.05) is 18.7 Å². The van der Waals surface area contributed by atoms with Gasteiger partial charge in [0.15, 0.2) is 0 Å². The molecular formula is C24H26N8O2S. The second-order valence-electron chi connectivity index (χ2n) is 8.19. The van der Waals surface area contributed by atoms with Gasteiger partial charge in [-0.2, -0.15) is 4.37 Å². The predicted molar refractivity (Wildman–Crippen MR) is 137 cm³/mol. The first-order valence-electron chi connectivity index (χ1n) is 11.1. The zero-order valence-electron chi connectivity index (χ0n) is 19.2. The number of nitrogen functional groups attached to an aromatic ring is 1. The SMILES string of the molecule is C=CC(=O)N1CCCC(Nc2ncnc(N)c2C(=N)c2ccc(C(=O)Nc3cc(C)ns3)cc2)C1. The smallest absolute Gasteiger partial charge is 0.256 e. The summed E-state index contributed by atoms with van der Waals surface area (Å²) in [6.45, 7) is 6.61. The number of benzene rings is 1. The molecule has 0 saturated carbocycles. The summed E-state index contributed by atoms with van der Waals surface area (Å²) in [5.74, 6) is 0.237. The molecule has 2 amide bonds. The van der Waals surface area contributed by atoms with Crippen LogP contribution in [-0.2, 0) is 4.79 Å². The normalized spacial score (nSPS) is 15.3. The molecule has 1 atom stereocenters. The van der Waals surface area contributed by atoms with Crippen LogP contribution in [-0.4, -0.2) is 55.9 Å². The van der Waals surface area contributed by atoms with E-state index in [2.05, 4.69) is 31.6 Å². The predicted octanol–water partition coefficient (Wildman–Crippen LogP) is 3.08. The van der Waals surface area contributed by atoms with Crippen LogP contribution in [0.4, 0.5) is 16.6 Å². The number of rotatable bonds is 7. The summed E-state index contributed by atoms with van der Waals surface area (Å²) in [7, 11) is 0. The largest absolute Gasteiger partial charge is 0.383 e. The molecule has 3 heterocycles. The summed E-state index contributed by atoms with van der Waals surface area (Å²) in [6.07, 6.45) is 4.35. The van der Waals surface area contributed by atoms with Gasteiger partial charge in [-0.15, -0.1) is 0 Å². The zero-order chi connectivity index (χ0) is 24.9. The zero-order valence-corrected chi connectivity index (χ0v) is 20.1. The van der Waals surface area contributed by atoms with E-state index in [1.807, 2.05) is 6.92 Å². The number of anilines is 3. The average Bonchev–Trinajstić information content (AvgIpc) is 3.27. The lowest BCUT2D eigenvalue weighted by Crippen LogP contribution is -2.44. The van der Waals surface area contributed by atoms with Crippen molar-refractivity contribution in [2.75, 3.05) is 29.5 Å². The second-order valence-corrected chi connectivity index (χ2v) is 9.00. The standard InChI is InChI=1S/C24H26N8O2S/c1-3-19(33)32-10-4-5-17(12-32)29-23-20(22(26)27-13-28-23)21(25)15-6-8-16(9-7-15)24(34)30-18-11-14(2)31-35-18/h3,6-9,11,13,17,25H,1,4-5,10,12H2,2H3,(H,30,34)(H3,26,27,28,29). The molecule has 1 aromatic carbocycles. The lowest BCUT2D eigenvalue weighted by Gasteiger charge is -2.33. The first-order valence-corrected chi connectivity index (χ1v) is 11.9. The fourth-order valence-corrected chi connectivity index (χ4v) is 4.57. The van der Waals surface area contributed by atoms with Gasteiger partial charge in [0.25, 0.3) is 5.91 Å². The lowest BCUT2D eigenvalue weighted by molar-refractivity contribution is -0.127. The van der Waals surface area contributed by atoms with Crippen molar-refractivity contribution in [2.24, 2.45) is 0 Å². The highest BCUT2D eigenvalue weighted by Gasteiger charge is 2.25. The van der Waals surface area contributed by atoms with Gasteiger partial charge in [0.1, 0.15) is 23.0 Å². The molecule has 10 nitrogen and oxygen atoms in total. The molecular weight excluding hydrogens is 464 g/mol. The number of likely N-dealkylation sites (tertiary alicyclic amines) is 1. The number of amides is 2. The van der Waals surface area contributed by atoms with Crippen LogP contribution in [0.25, 0.3) is 0 Å². The van der Waals surface area contributed by atoms with Gasteiger partial charge in [-0.05, 0) is 55.6 Å². The molecule has 3 aromatic rings. The molecule has 0 bridgehead atoms. The van der Waals surface area contributed by atoms with Gasteiger partial charge in [0, 0.05) is 30.3 Å². The van der Waals surface area contributed by atoms with Crippen LogP contribution in [0.3, 0.4) is 0 Å². The number of aryl methyl sites for hydroxylation is 1. The number of hydrogen-bond acceptors (Lipinski definition) is 9. The third-order valence-electron chi connectivity index (χ3n) is 5.68. The minimum atomic E-state index is -0.257. The van der Waals surface area contributed by atoms with Crippen LogP contribution in [0, 0.1) is 12.3 Å². The Bertz CT molecular complexity index is 1270. The topological polar surface area (TPSA) is 150 Å². The van der Waals surface area contributed by atoms with Gasteiger partial charge in [0.05, 0.1) is 17.0 Å². The number of nitrogens with one attached hydrogen (secondary N) is 3. The summed E-state index contributed by atoms with van der Waals surface area (Å²) in [6, 6.07) is 8.45. The molecule has 1 aliphatic heterocycles. The van der Waals surface area contributed by atoms with Crippen LogP contribution in [0.5, 0.6) is 0 Å². The van der Waals surface area contributed by atoms with E-state index in [0.29, 0.717) is 40.6 Å². The molecule has 2 aromatic heterocycles. The molecule has 1 aliphatic rings. The highest BCUT2D eigenvalue weighted by atomic mass is 32.1. The van der Waals surface area contributed by atoms with Crippen molar-refractivity contribution in [3.05, 3.63) is 71.7 Å². The van der Waals surface area contributed by atoms with E-state index in [-0.39, 0.29) is 29.4 Å².